The zero-order valence-corrected chi connectivity index (χ0v) is 9.21. The van der Waals surface area contributed by atoms with Gasteiger partial charge in [0.15, 0.2) is 6.03 Å². The molecular formula is C8H7N2OW-. The number of carbonyl (C=O) groups excluding carboxylic acids is 1. The molecule has 0 atom stereocenters. The second-order valence-electron chi connectivity index (χ2n) is 2.40. The minimum atomic E-state index is -0.247. The molecule has 4 heteroatoms. The van der Waals surface area contributed by atoms with Gasteiger partial charge in [-0.05, 0) is 17.8 Å². The van der Waals surface area contributed by atoms with Gasteiger partial charge < -0.3 is 10.6 Å². The van der Waals surface area contributed by atoms with Crippen LogP contribution in [-0.4, -0.2) is 6.03 Å². The molecule has 2 rings (SSSR count). The summed E-state index contributed by atoms with van der Waals surface area (Å²) in [4.78, 5) is 10.7. The summed E-state index contributed by atoms with van der Waals surface area (Å²) >= 11 is 0. The van der Waals surface area contributed by atoms with Gasteiger partial charge in [-0.1, -0.05) is 24.3 Å². The molecule has 1 N–H and O–H groups in total. The molecule has 1 aliphatic heterocycles. The van der Waals surface area contributed by atoms with Crippen LogP contribution in [-0.2, 0) is 27.6 Å². The smallest absolute Gasteiger partial charge is 0.157 e. The first-order chi connectivity index (χ1) is 5.36. The second-order valence-corrected chi connectivity index (χ2v) is 2.40. The van der Waals surface area contributed by atoms with Crippen molar-refractivity contribution in [3.05, 3.63) is 35.1 Å². The zero-order chi connectivity index (χ0) is 7.68. The number of rotatable bonds is 0. The number of fused-ring (bicyclic) bond motifs is 1. The van der Waals surface area contributed by atoms with E-state index in [2.05, 4.69) is 10.6 Å². The average molecular weight is 331 g/mol. The van der Waals surface area contributed by atoms with Crippen molar-refractivity contribution < 1.29 is 25.9 Å². The fourth-order valence-corrected chi connectivity index (χ4v) is 1.09. The second kappa shape index (κ2) is 3.72. The number of benzene rings is 1. The third-order valence-electron chi connectivity index (χ3n) is 1.64. The van der Waals surface area contributed by atoms with E-state index in [0.29, 0.717) is 6.54 Å². The van der Waals surface area contributed by atoms with Crippen LogP contribution in [0.15, 0.2) is 24.3 Å². The summed E-state index contributed by atoms with van der Waals surface area (Å²) in [6.45, 7) is 0.596. The molecule has 0 bridgehead atoms. The third kappa shape index (κ3) is 1.67. The van der Waals surface area contributed by atoms with Crippen molar-refractivity contribution >= 4 is 11.7 Å². The molecule has 0 radical (unpaired) electrons. The number of hydrogen-bond acceptors (Lipinski definition) is 1. The van der Waals surface area contributed by atoms with Gasteiger partial charge in [-0.25, -0.2) is 0 Å². The van der Waals surface area contributed by atoms with Crippen molar-refractivity contribution in [2.75, 3.05) is 0 Å². The van der Waals surface area contributed by atoms with E-state index >= 15 is 0 Å². The molecule has 0 spiro atoms. The Hall–Kier alpha value is -0.822. The molecule has 1 aromatic rings. The number of carbonyl (C=O) groups is 1. The molecule has 12 heavy (non-hydrogen) atoms. The number of hydrogen-bond donors (Lipinski definition) is 1. The van der Waals surface area contributed by atoms with Gasteiger partial charge in [0, 0.05) is 21.1 Å². The van der Waals surface area contributed by atoms with Crippen LogP contribution in [0.4, 0.5) is 10.5 Å². The van der Waals surface area contributed by atoms with Gasteiger partial charge in [-0.3, -0.25) is 4.79 Å². The van der Waals surface area contributed by atoms with Crippen molar-refractivity contribution in [1.29, 1.82) is 0 Å². The Kier molecular flexibility index (Phi) is 2.87. The first-order valence-corrected chi connectivity index (χ1v) is 3.44. The standard InChI is InChI=1S/C8H8N2O.W/c11-8-9-5-6-3-1-2-4-7(6)10-8;/h1-4H,5H2,(H2,9,10,11);/p-1. The van der Waals surface area contributed by atoms with E-state index in [1.54, 1.807) is 0 Å². The summed E-state index contributed by atoms with van der Waals surface area (Å²) in [5.74, 6) is 0. The summed E-state index contributed by atoms with van der Waals surface area (Å²) in [7, 11) is 0. The van der Waals surface area contributed by atoms with Gasteiger partial charge in [0.1, 0.15) is 0 Å². The van der Waals surface area contributed by atoms with Gasteiger partial charge >= 0.3 is 0 Å². The van der Waals surface area contributed by atoms with Gasteiger partial charge in [0.25, 0.3) is 0 Å². The Morgan fingerprint density at radius 3 is 2.92 bits per heavy atom. The number of urea groups is 1. The van der Waals surface area contributed by atoms with Crippen LogP contribution in [0.1, 0.15) is 5.56 Å². The molecular weight excluding hydrogens is 324 g/mol. The minimum absolute atomic E-state index is 0. The number of nitrogens with one attached hydrogen (secondary N) is 1. The average Bonchev–Trinajstić information content (AvgIpc) is 2.04. The summed E-state index contributed by atoms with van der Waals surface area (Å²) < 4.78 is 0. The van der Waals surface area contributed by atoms with Crippen LogP contribution in [0, 0.1) is 0 Å². The Balaban J connectivity index is 0.000000720. The van der Waals surface area contributed by atoms with Gasteiger partial charge in [-0.2, -0.15) is 0 Å². The molecule has 1 heterocycles. The van der Waals surface area contributed by atoms with E-state index in [9.17, 15) is 4.79 Å². The van der Waals surface area contributed by atoms with Crippen LogP contribution in [0.25, 0.3) is 5.32 Å². The van der Waals surface area contributed by atoms with Crippen LogP contribution in [0.5, 0.6) is 0 Å². The fraction of sp³-hybridized carbons (Fsp3) is 0.125. The molecule has 0 unspecified atom stereocenters. The molecule has 1 aliphatic rings. The maximum atomic E-state index is 10.7. The van der Waals surface area contributed by atoms with Crippen molar-refractivity contribution in [2.24, 2.45) is 0 Å². The van der Waals surface area contributed by atoms with Crippen molar-refractivity contribution in [3.63, 3.8) is 0 Å². The number of amides is 2. The molecule has 2 amide bonds. The third-order valence-corrected chi connectivity index (χ3v) is 1.64. The van der Waals surface area contributed by atoms with Crippen LogP contribution in [0.3, 0.4) is 0 Å². The van der Waals surface area contributed by atoms with E-state index in [1.807, 2.05) is 24.3 Å². The normalized spacial score (nSPS) is 13.5. The molecule has 0 aromatic heterocycles. The van der Waals surface area contributed by atoms with Crippen LogP contribution >= 0.6 is 0 Å². The first-order valence-electron chi connectivity index (χ1n) is 3.44. The maximum Gasteiger partial charge on any atom is 0.157 e. The fourth-order valence-electron chi connectivity index (χ4n) is 1.09. The minimum Gasteiger partial charge on any atom is -0.445 e. The van der Waals surface area contributed by atoms with Gasteiger partial charge in [-0.15, -0.1) is 0 Å². The summed E-state index contributed by atoms with van der Waals surface area (Å²) in [5.41, 5.74) is 1.86. The Morgan fingerprint density at radius 1 is 1.33 bits per heavy atom. The Bertz CT molecular complexity index is 301. The SMILES string of the molecule is O=C1[N-]c2ccccc2CN1.[W]. The number of para-hydroxylation sites is 1. The van der Waals surface area contributed by atoms with Crippen LogP contribution < -0.4 is 5.32 Å². The van der Waals surface area contributed by atoms with E-state index in [1.165, 1.54) is 0 Å². The first kappa shape index (κ1) is 9.27. The van der Waals surface area contributed by atoms with E-state index in [0.717, 1.165) is 11.3 Å². The molecule has 0 saturated carbocycles. The summed E-state index contributed by atoms with van der Waals surface area (Å²) in [6.07, 6.45) is 0. The van der Waals surface area contributed by atoms with Gasteiger partial charge in [0.2, 0.25) is 0 Å². The molecule has 1 aromatic carbocycles. The molecule has 0 saturated heterocycles. The van der Waals surface area contributed by atoms with E-state index < -0.39 is 0 Å². The molecule has 62 valence electrons. The topological polar surface area (TPSA) is 43.2 Å². The van der Waals surface area contributed by atoms with Crippen molar-refractivity contribution in [2.45, 2.75) is 6.54 Å². The van der Waals surface area contributed by atoms with Gasteiger partial charge in [0.05, 0.1) is 0 Å². The molecule has 3 nitrogen and oxygen atoms in total. The quantitative estimate of drug-likeness (QED) is 0.776. The summed E-state index contributed by atoms with van der Waals surface area (Å²) in [5, 5.41) is 6.43. The largest absolute Gasteiger partial charge is 0.445 e. The number of nitrogens with zero attached hydrogens (tertiary/aromatic N) is 1. The maximum absolute atomic E-state index is 10.7. The van der Waals surface area contributed by atoms with Crippen molar-refractivity contribution in [3.8, 4) is 0 Å². The van der Waals surface area contributed by atoms with E-state index in [-0.39, 0.29) is 27.1 Å². The predicted molar refractivity (Wildman–Crippen MR) is 41.7 cm³/mol. The Morgan fingerprint density at radius 2 is 2.08 bits per heavy atom. The molecule has 0 fully saturated rings. The molecule has 0 aliphatic carbocycles. The van der Waals surface area contributed by atoms with Crippen LogP contribution in [0.2, 0.25) is 0 Å². The Labute approximate surface area is 84.8 Å². The van der Waals surface area contributed by atoms with Crippen molar-refractivity contribution in [1.82, 2.24) is 5.32 Å². The van der Waals surface area contributed by atoms with E-state index in [4.69, 9.17) is 0 Å². The monoisotopic (exact) mass is 331 g/mol. The predicted octanol–water partition coefficient (Wildman–Crippen LogP) is 1.91. The zero-order valence-electron chi connectivity index (χ0n) is 6.28. The summed E-state index contributed by atoms with van der Waals surface area (Å²) in [6, 6.07) is 7.36.